The van der Waals surface area contributed by atoms with Gasteiger partial charge in [0.15, 0.2) is 0 Å². The van der Waals surface area contributed by atoms with Crippen LogP contribution in [0.4, 0.5) is 5.69 Å². The van der Waals surface area contributed by atoms with Gasteiger partial charge in [0.1, 0.15) is 5.75 Å². The molecule has 96 valence electrons. The van der Waals surface area contributed by atoms with Crippen molar-refractivity contribution in [1.29, 1.82) is 0 Å². The molecule has 1 atom stereocenters. The van der Waals surface area contributed by atoms with Crippen LogP contribution < -0.4 is 10.6 Å². The zero-order chi connectivity index (χ0) is 13.1. The third kappa shape index (κ3) is 2.83. The van der Waals surface area contributed by atoms with Gasteiger partial charge in [-0.05, 0) is 35.4 Å². The van der Waals surface area contributed by atoms with Crippen LogP contribution in [-0.2, 0) is 6.54 Å². The van der Waals surface area contributed by atoms with Crippen LogP contribution in [-0.4, -0.2) is 12.2 Å². The Morgan fingerprint density at radius 2 is 2.17 bits per heavy atom. The van der Waals surface area contributed by atoms with E-state index in [1.165, 1.54) is 5.56 Å². The molecule has 0 radical (unpaired) electrons. The normalized spacial score (nSPS) is 12.4. The SMILES string of the molecule is CC(N)c1ccc(N(C)Cc2ccsc2)cc1O. The highest BCUT2D eigenvalue weighted by Crippen LogP contribution is 2.28. The number of thiophene rings is 1. The third-order valence-corrected chi connectivity index (χ3v) is 3.68. The van der Waals surface area contributed by atoms with Gasteiger partial charge in [0, 0.05) is 37.0 Å². The summed E-state index contributed by atoms with van der Waals surface area (Å²) >= 11 is 1.69. The fourth-order valence-electron chi connectivity index (χ4n) is 1.90. The van der Waals surface area contributed by atoms with Crippen molar-refractivity contribution < 1.29 is 5.11 Å². The molecule has 0 aliphatic rings. The number of benzene rings is 1. The molecule has 1 aromatic carbocycles. The van der Waals surface area contributed by atoms with Crippen molar-refractivity contribution in [3.8, 4) is 5.75 Å². The minimum absolute atomic E-state index is 0.152. The average Bonchev–Trinajstić information content (AvgIpc) is 2.81. The van der Waals surface area contributed by atoms with Gasteiger partial charge in [-0.3, -0.25) is 0 Å². The molecular formula is C14H18N2OS. The van der Waals surface area contributed by atoms with E-state index in [-0.39, 0.29) is 11.8 Å². The molecule has 0 aliphatic carbocycles. The molecule has 4 heteroatoms. The summed E-state index contributed by atoms with van der Waals surface area (Å²) in [6, 6.07) is 7.60. The second-order valence-corrected chi connectivity index (χ2v) is 5.30. The predicted octanol–water partition coefficient (Wildman–Crippen LogP) is 3.11. The van der Waals surface area contributed by atoms with Crippen molar-refractivity contribution in [3.63, 3.8) is 0 Å². The summed E-state index contributed by atoms with van der Waals surface area (Å²) in [5.41, 5.74) is 8.82. The van der Waals surface area contributed by atoms with E-state index in [0.717, 1.165) is 17.8 Å². The van der Waals surface area contributed by atoms with E-state index in [1.807, 2.05) is 26.1 Å². The number of nitrogens with zero attached hydrogens (tertiary/aromatic N) is 1. The molecule has 1 aromatic heterocycles. The molecule has 0 aliphatic heterocycles. The lowest BCUT2D eigenvalue weighted by atomic mass is 10.1. The summed E-state index contributed by atoms with van der Waals surface area (Å²) < 4.78 is 0. The summed E-state index contributed by atoms with van der Waals surface area (Å²) in [5, 5.41) is 14.1. The quantitative estimate of drug-likeness (QED) is 0.890. The fourth-order valence-corrected chi connectivity index (χ4v) is 2.56. The van der Waals surface area contributed by atoms with Crippen molar-refractivity contribution in [2.45, 2.75) is 19.5 Å². The average molecular weight is 262 g/mol. The lowest BCUT2D eigenvalue weighted by Crippen LogP contribution is -2.16. The first-order chi connectivity index (χ1) is 8.58. The number of phenols is 1. The van der Waals surface area contributed by atoms with Gasteiger partial charge >= 0.3 is 0 Å². The maximum absolute atomic E-state index is 9.93. The van der Waals surface area contributed by atoms with E-state index in [2.05, 4.69) is 21.7 Å². The molecule has 0 fully saturated rings. The van der Waals surface area contributed by atoms with Crippen LogP contribution in [0.3, 0.4) is 0 Å². The maximum Gasteiger partial charge on any atom is 0.122 e. The molecule has 0 spiro atoms. The van der Waals surface area contributed by atoms with Crippen molar-refractivity contribution in [2.24, 2.45) is 5.73 Å². The number of phenolic OH excluding ortho intramolecular Hbond substituents is 1. The second kappa shape index (κ2) is 5.42. The van der Waals surface area contributed by atoms with Crippen LogP contribution in [0.5, 0.6) is 5.75 Å². The van der Waals surface area contributed by atoms with Gasteiger partial charge in [0.2, 0.25) is 0 Å². The van der Waals surface area contributed by atoms with Gasteiger partial charge in [0.05, 0.1) is 0 Å². The van der Waals surface area contributed by atoms with E-state index in [0.29, 0.717) is 0 Å². The summed E-state index contributed by atoms with van der Waals surface area (Å²) in [7, 11) is 2.01. The van der Waals surface area contributed by atoms with E-state index < -0.39 is 0 Å². The molecule has 1 heterocycles. The summed E-state index contributed by atoms with van der Waals surface area (Å²) in [6.45, 7) is 2.70. The maximum atomic E-state index is 9.93. The first-order valence-electron chi connectivity index (χ1n) is 5.88. The topological polar surface area (TPSA) is 49.5 Å². The Balaban J connectivity index is 2.16. The van der Waals surface area contributed by atoms with Crippen LogP contribution in [0, 0.1) is 0 Å². The Morgan fingerprint density at radius 3 is 2.72 bits per heavy atom. The highest BCUT2D eigenvalue weighted by molar-refractivity contribution is 7.07. The van der Waals surface area contributed by atoms with Crippen LogP contribution in [0.25, 0.3) is 0 Å². The minimum atomic E-state index is -0.152. The van der Waals surface area contributed by atoms with E-state index in [4.69, 9.17) is 5.73 Å². The van der Waals surface area contributed by atoms with Crippen LogP contribution in [0.15, 0.2) is 35.0 Å². The standard InChI is InChI=1S/C14H18N2OS/c1-10(15)13-4-3-12(7-14(13)17)16(2)8-11-5-6-18-9-11/h3-7,9-10,17H,8,15H2,1-2H3. The molecule has 2 rings (SSSR count). The van der Waals surface area contributed by atoms with Crippen LogP contribution >= 0.6 is 11.3 Å². The molecule has 0 saturated heterocycles. The number of aromatic hydroxyl groups is 1. The Labute approximate surface area is 111 Å². The molecule has 1 unspecified atom stereocenters. The molecule has 3 N–H and O–H groups in total. The molecule has 18 heavy (non-hydrogen) atoms. The molecule has 3 nitrogen and oxygen atoms in total. The van der Waals surface area contributed by atoms with Gasteiger partial charge in [-0.25, -0.2) is 0 Å². The third-order valence-electron chi connectivity index (χ3n) is 2.95. The molecule has 0 bridgehead atoms. The van der Waals surface area contributed by atoms with E-state index in [1.54, 1.807) is 17.4 Å². The van der Waals surface area contributed by atoms with Crippen molar-refractivity contribution in [2.75, 3.05) is 11.9 Å². The molecule has 2 aromatic rings. The van der Waals surface area contributed by atoms with Crippen molar-refractivity contribution >= 4 is 17.0 Å². The smallest absolute Gasteiger partial charge is 0.122 e. The Hall–Kier alpha value is -1.52. The Morgan fingerprint density at radius 1 is 1.39 bits per heavy atom. The highest BCUT2D eigenvalue weighted by Gasteiger charge is 2.09. The van der Waals surface area contributed by atoms with E-state index >= 15 is 0 Å². The molecule has 0 saturated carbocycles. The highest BCUT2D eigenvalue weighted by atomic mass is 32.1. The second-order valence-electron chi connectivity index (χ2n) is 4.52. The summed E-state index contributed by atoms with van der Waals surface area (Å²) in [4.78, 5) is 2.10. The fraction of sp³-hybridized carbons (Fsp3) is 0.286. The number of hydrogen-bond acceptors (Lipinski definition) is 4. The number of anilines is 1. The first kappa shape index (κ1) is 12.9. The van der Waals surface area contributed by atoms with Crippen molar-refractivity contribution in [3.05, 3.63) is 46.2 Å². The van der Waals surface area contributed by atoms with Gasteiger partial charge < -0.3 is 15.7 Å². The summed E-state index contributed by atoms with van der Waals surface area (Å²) in [6.07, 6.45) is 0. The van der Waals surface area contributed by atoms with Gasteiger partial charge in [-0.2, -0.15) is 11.3 Å². The number of rotatable bonds is 4. The predicted molar refractivity (Wildman–Crippen MR) is 77.1 cm³/mol. The lowest BCUT2D eigenvalue weighted by molar-refractivity contribution is 0.464. The zero-order valence-electron chi connectivity index (χ0n) is 10.6. The monoisotopic (exact) mass is 262 g/mol. The largest absolute Gasteiger partial charge is 0.508 e. The van der Waals surface area contributed by atoms with Gasteiger partial charge in [0.25, 0.3) is 0 Å². The van der Waals surface area contributed by atoms with E-state index in [9.17, 15) is 5.11 Å². The van der Waals surface area contributed by atoms with Gasteiger partial charge in [-0.1, -0.05) is 6.07 Å². The molecule has 0 amide bonds. The number of hydrogen-bond donors (Lipinski definition) is 2. The van der Waals surface area contributed by atoms with Gasteiger partial charge in [-0.15, -0.1) is 0 Å². The number of nitrogens with two attached hydrogens (primary N) is 1. The van der Waals surface area contributed by atoms with Crippen LogP contribution in [0.1, 0.15) is 24.1 Å². The minimum Gasteiger partial charge on any atom is -0.508 e. The molecular weight excluding hydrogens is 244 g/mol. The summed E-state index contributed by atoms with van der Waals surface area (Å²) in [5.74, 6) is 0.264. The van der Waals surface area contributed by atoms with Crippen molar-refractivity contribution in [1.82, 2.24) is 0 Å². The first-order valence-corrected chi connectivity index (χ1v) is 6.83. The zero-order valence-corrected chi connectivity index (χ0v) is 11.4. The Bertz CT molecular complexity index is 509. The van der Waals surface area contributed by atoms with Crippen LogP contribution in [0.2, 0.25) is 0 Å². The Kier molecular flexibility index (Phi) is 3.89. The lowest BCUT2D eigenvalue weighted by Gasteiger charge is -2.20.